The number of thioether (sulfide) groups is 1. The summed E-state index contributed by atoms with van der Waals surface area (Å²) in [5.74, 6) is 0.101. The molecule has 1 atom stereocenters. The van der Waals surface area contributed by atoms with Gasteiger partial charge in [-0.1, -0.05) is 54.8 Å². The summed E-state index contributed by atoms with van der Waals surface area (Å²) < 4.78 is 0. The van der Waals surface area contributed by atoms with Gasteiger partial charge in [0, 0.05) is 42.6 Å². The van der Waals surface area contributed by atoms with Crippen molar-refractivity contribution in [2.24, 2.45) is 5.92 Å². The van der Waals surface area contributed by atoms with Gasteiger partial charge in [-0.2, -0.15) is 0 Å². The molecular formula is C24H28N2O2S. The Hall–Kier alpha value is -2.63. The molecule has 1 aromatic carbocycles. The van der Waals surface area contributed by atoms with Crippen molar-refractivity contribution in [2.75, 3.05) is 6.61 Å². The highest BCUT2D eigenvalue weighted by Gasteiger charge is 2.27. The lowest BCUT2D eigenvalue weighted by Crippen LogP contribution is -2.27. The Balaban J connectivity index is 0.000000537. The minimum atomic E-state index is -0.00226. The number of hydrogen-bond donors (Lipinski definition) is 2. The maximum Gasteiger partial charge on any atom is 0.171 e. The molecule has 2 N–H and O–H groups in total. The number of nitrogens with zero attached hydrogens (tertiary/aromatic N) is 1. The van der Waals surface area contributed by atoms with Gasteiger partial charge >= 0.3 is 0 Å². The normalized spacial score (nSPS) is 16.3. The Bertz CT molecular complexity index is 832. The van der Waals surface area contributed by atoms with Crippen molar-refractivity contribution < 1.29 is 9.90 Å². The van der Waals surface area contributed by atoms with Crippen molar-refractivity contribution in [2.45, 2.75) is 31.2 Å². The molecular weight excluding hydrogens is 380 g/mol. The van der Waals surface area contributed by atoms with Crippen molar-refractivity contribution in [3.8, 4) is 0 Å². The van der Waals surface area contributed by atoms with Gasteiger partial charge in [-0.25, -0.2) is 0 Å². The third-order valence-electron chi connectivity index (χ3n) is 4.30. The zero-order valence-corrected chi connectivity index (χ0v) is 17.6. The molecule has 3 rings (SSSR count). The number of pyridine rings is 1. The summed E-state index contributed by atoms with van der Waals surface area (Å²) in [4.78, 5) is 18.4. The minimum Gasteiger partial charge on any atom is -0.396 e. The summed E-state index contributed by atoms with van der Waals surface area (Å²) in [6, 6.07) is 13.8. The first-order valence-corrected chi connectivity index (χ1v) is 10.5. The average Bonchev–Trinajstić information content (AvgIpc) is 2.76. The van der Waals surface area contributed by atoms with Gasteiger partial charge < -0.3 is 10.4 Å². The van der Waals surface area contributed by atoms with Gasteiger partial charge in [-0.3, -0.25) is 9.78 Å². The van der Waals surface area contributed by atoms with Crippen LogP contribution in [-0.2, 0) is 11.3 Å². The number of carbonyl (C=O) groups excluding carboxylic acids is 1. The second kappa shape index (κ2) is 12.8. The highest BCUT2D eigenvalue weighted by Crippen LogP contribution is 2.36. The first-order valence-electron chi connectivity index (χ1n) is 9.64. The summed E-state index contributed by atoms with van der Waals surface area (Å²) in [5, 5.41) is 12.9. The Labute approximate surface area is 177 Å². The van der Waals surface area contributed by atoms with Crippen molar-refractivity contribution >= 4 is 17.5 Å². The van der Waals surface area contributed by atoms with Crippen LogP contribution in [0.5, 0.6) is 0 Å². The Morgan fingerprint density at radius 1 is 1.21 bits per heavy atom. The molecule has 0 aliphatic heterocycles. The monoisotopic (exact) mass is 408 g/mol. The van der Waals surface area contributed by atoms with Crippen molar-refractivity contribution in [3.63, 3.8) is 0 Å². The molecule has 0 spiro atoms. The van der Waals surface area contributed by atoms with Crippen LogP contribution in [0.15, 0.2) is 95.2 Å². The number of nitrogens with one attached hydrogen (secondary N) is 1. The third kappa shape index (κ3) is 7.72. The van der Waals surface area contributed by atoms with E-state index in [1.165, 1.54) is 11.8 Å². The quantitative estimate of drug-likeness (QED) is 0.639. The highest BCUT2D eigenvalue weighted by atomic mass is 32.2. The fourth-order valence-corrected chi connectivity index (χ4v) is 3.83. The molecule has 1 unspecified atom stereocenters. The second-order valence-electron chi connectivity index (χ2n) is 6.57. The average molecular weight is 409 g/mol. The lowest BCUT2D eigenvalue weighted by Gasteiger charge is -2.25. The Kier molecular flexibility index (Phi) is 9.96. The van der Waals surface area contributed by atoms with Gasteiger partial charge in [0.15, 0.2) is 5.78 Å². The van der Waals surface area contributed by atoms with E-state index in [0.29, 0.717) is 19.4 Å². The molecule has 1 aromatic heterocycles. The minimum absolute atomic E-state index is 0.00226. The molecule has 0 saturated heterocycles. The number of allylic oxidation sites excluding steroid dienone is 5. The van der Waals surface area contributed by atoms with Gasteiger partial charge in [-0.15, -0.1) is 0 Å². The van der Waals surface area contributed by atoms with Crippen LogP contribution in [0.2, 0.25) is 0 Å². The van der Waals surface area contributed by atoms with E-state index in [1.807, 2.05) is 61.5 Å². The van der Waals surface area contributed by atoms with E-state index in [2.05, 4.69) is 16.9 Å². The number of aliphatic hydroxyl groups excluding tert-OH is 1. The molecule has 0 fully saturated rings. The molecule has 152 valence electrons. The van der Waals surface area contributed by atoms with Crippen molar-refractivity contribution in [1.29, 1.82) is 0 Å². The third-order valence-corrected chi connectivity index (χ3v) is 5.49. The Morgan fingerprint density at radius 3 is 2.52 bits per heavy atom. The van der Waals surface area contributed by atoms with Gasteiger partial charge in [0.25, 0.3) is 0 Å². The molecule has 1 aliphatic carbocycles. The fourth-order valence-electron chi connectivity index (χ4n) is 2.83. The zero-order valence-electron chi connectivity index (χ0n) is 16.8. The lowest BCUT2D eigenvalue weighted by molar-refractivity contribution is -0.116. The first kappa shape index (κ1) is 22.7. The number of ketones is 1. The number of aliphatic hydroxyl groups is 1. The summed E-state index contributed by atoms with van der Waals surface area (Å²) in [6.07, 6.45) is 10.2. The molecule has 0 amide bonds. The highest BCUT2D eigenvalue weighted by molar-refractivity contribution is 8.04. The van der Waals surface area contributed by atoms with Gasteiger partial charge in [0.05, 0.1) is 4.91 Å². The van der Waals surface area contributed by atoms with Crippen molar-refractivity contribution in [1.82, 2.24) is 10.3 Å². The number of benzene rings is 1. The van der Waals surface area contributed by atoms with E-state index < -0.39 is 0 Å². The number of hydrogen-bond acceptors (Lipinski definition) is 5. The van der Waals surface area contributed by atoms with Gasteiger partial charge in [-0.05, 0) is 49.1 Å². The molecule has 0 radical (unpaired) electrons. The molecule has 1 heterocycles. The summed E-state index contributed by atoms with van der Waals surface area (Å²) in [5.41, 5.74) is 2.04. The largest absolute Gasteiger partial charge is 0.396 e. The standard InChI is InChI=1S/C19H20N2O2S.C5H8/c22-13-15-10-17(21-12-14-6-8-20-9-7-14)19(18(23)11-15)24-16-4-2-1-3-5-16;1-3-5-4-2/h1-9,15,21-22H,10-13H2;3-5H,1H2,2H3/b;5-4-. The maximum absolute atomic E-state index is 12.5. The fraction of sp³-hybridized carbons (Fsp3) is 0.250. The van der Waals surface area contributed by atoms with Crippen LogP contribution in [0.1, 0.15) is 25.3 Å². The number of rotatable bonds is 7. The predicted molar refractivity (Wildman–Crippen MR) is 120 cm³/mol. The smallest absolute Gasteiger partial charge is 0.171 e. The molecule has 0 bridgehead atoms. The van der Waals surface area contributed by atoms with E-state index in [0.717, 1.165) is 21.1 Å². The van der Waals surface area contributed by atoms with E-state index >= 15 is 0 Å². The van der Waals surface area contributed by atoms with Crippen molar-refractivity contribution in [3.05, 3.63) is 95.8 Å². The summed E-state index contributed by atoms with van der Waals surface area (Å²) in [6.45, 7) is 6.10. The molecule has 4 nitrogen and oxygen atoms in total. The maximum atomic E-state index is 12.5. The van der Waals surface area contributed by atoms with Crippen LogP contribution in [0.4, 0.5) is 0 Å². The first-order chi connectivity index (χ1) is 14.2. The van der Waals surface area contributed by atoms with Gasteiger partial charge in [0.2, 0.25) is 0 Å². The van der Waals surface area contributed by atoms with Crippen LogP contribution < -0.4 is 5.32 Å². The summed E-state index contributed by atoms with van der Waals surface area (Å²) >= 11 is 1.50. The van der Waals surface area contributed by atoms with Crippen LogP contribution >= 0.6 is 11.8 Å². The van der Waals surface area contributed by atoms with E-state index in [4.69, 9.17) is 0 Å². The Morgan fingerprint density at radius 2 is 1.93 bits per heavy atom. The van der Waals surface area contributed by atoms with Crippen LogP contribution in [0, 0.1) is 5.92 Å². The topological polar surface area (TPSA) is 62.2 Å². The second-order valence-corrected chi connectivity index (χ2v) is 7.66. The van der Waals surface area contributed by atoms with Crippen LogP contribution in [0.25, 0.3) is 0 Å². The van der Waals surface area contributed by atoms with E-state index in [1.54, 1.807) is 18.5 Å². The number of carbonyl (C=O) groups is 1. The van der Waals surface area contributed by atoms with E-state index in [-0.39, 0.29) is 18.3 Å². The molecule has 29 heavy (non-hydrogen) atoms. The van der Waals surface area contributed by atoms with Crippen LogP contribution in [-0.4, -0.2) is 22.5 Å². The number of aromatic nitrogens is 1. The SMILES string of the molecule is C=C/C=C\C.O=C1CC(CO)CC(NCc2ccncc2)=C1Sc1ccccc1. The summed E-state index contributed by atoms with van der Waals surface area (Å²) in [7, 11) is 0. The molecule has 0 saturated carbocycles. The molecule has 5 heteroatoms. The van der Waals surface area contributed by atoms with Gasteiger partial charge in [0.1, 0.15) is 0 Å². The molecule has 2 aromatic rings. The predicted octanol–water partition coefficient (Wildman–Crippen LogP) is 4.90. The zero-order chi connectivity index (χ0) is 20.9. The number of Topliss-reactive ketones (excluding diaryl/α,β-unsaturated/α-hetero) is 1. The molecule has 1 aliphatic rings. The van der Waals surface area contributed by atoms with Crippen LogP contribution in [0.3, 0.4) is 0 Å². The lowest BCUT2D eigenvalue weighted by atomic mass is 9.91. The van der Waals surface area contributed by atoms with E-state index in [9.17, 15) is 9.90 Å².